The van der Waals surface area contributed by atoms with E-state index < -0.39 is 0 Å². The molecule has 2 heterocycles. The van der Waals surface area contributed by atoms with E-state index in [0.717, 1.165) is 13.2 Å². The minimum Gasteiger partial charge on any atom is -0.377 e. The first kappa shape index (κ1) is 17.2. The quantitative estimate of drug-likeness (QED) is 0.577. The fraction of sp³-hybridized carbons (Fsp3) is 1.00. The van der Waals surface area contributed by atoms with Gasteiger partial charge in [-0.3, -0.25) is 0 Å². The largest absolute Gasteiger partial charge is 0.377 e. The molecule has 2 unspecified atom stereocenters. The summed E-state index contributed by atoms with van der Waals surface area (Å²) >= 11 is 0. The van der Waals surface area contributed by atoms with Crippen molar-refractivity contribution in [2.24, 2.45) is 10.8 Å². The molecule has 0 aliphatic carbocycles. The van der Waals surface area contributed by atoms with Crippen LogP contribution in [0.3, 0.4) is 0 Å². The molecule has 0 amide bonds. The van der Waals surface area contributed by atoms with Crippen molar-refractivity contribution in [2.45, 2.75) is 39.9 Å². The predicted molar refractivity (Wildman–Crippen MR) is 79.5 cm³/mol. The van der Waals surface area contributed by atoms with Crippen molar-refractivity contribution in [1.82, 2.24) is 0 Å². The van der Waals surface area contributed by atoms with E-state index in [0.29, 0.717) is 39.6 Å². The van der Waals surface area contributed by atoms with Crippen LogP contribution in [0.1, 0.15) is 27.7 Å². The van der Waals surface area contributed by atoms with E-state index in [1.54, 1.807) is 0 Å². The molecule has 0 spiro atoms. The van der Waals surface area contributed by atoms with Crippen LogP contribution in [0.5, 0.6) is 0 Å². The normalized spacial score (nSPS) is 29.7. The number of hydrogen-bond donors (Lipinski definition) is 0. The maximum Gasteiger partial charge on any atom is 0.0881 e. The number of hydrogen-bond acceptors (Lipinski definition) is 5. The molecule has 2 rings (SSSR count). The van der Waals surface area contributed by atoms with Crippen LogP contribution in [0, 0.1) is 10.8 Å². The van der Waals surface area contributed by atoms with Crippen molar-refractivity contribution in [3.8, 4) is 0 Å². The van der Waals surface area contributed by atoms with E-state index in [4.69, 9.17) is 23.7 Å². The van der Waals surface area contributed by atoms with Crippen molar-refractivity contribution in [3.05, 3.63) is 0 Å². The van der Waals surface area contributed by atoms with Crippen LogP contribution in [-0.4, -0.2) is 65.1 Å². The van der Waals surface area contributed by atoms with Crippen molar-refractivity contribution in [3.63, 3.8) is 0 Å². The van der Waals surface area contributed by atoms with Gasteiger partial charge in [0.05, 0.1) is 65.1 Å². The van der Waals surface area contributed by atoms with Gasteiger partial charge >= 0.3 is 0 Å². The smallest absolute Gasteiger partial charge is 0.0881 e. The molecular weight excluding hydrogens is 272 g/mol. The van der Waals surface area contributed by atoms with Gasteiger partial charge in [-0.15, -0.1) is 0 Å². The lowest BCUT2D eigenvalue weighted by Crippen LogP contribution is -2.50. The van der Waals surface area contributed by atoms with E-state index in [1.807, 2.05) is 0 Å². The molecule has 2 atom stereocenters. The minimum atomic E-state index is 0.228. The van der Waals surface area contributed by atoms with Gasteiger partial charge in [0.2, 0.25) is 0 Å². The molecule has 124 valence electrons. The molecule has 0 N–H and O–H groups in total. The first-order valence-corrected chi connectivity index (χ1v) is 7.88. The molecule has 0 bridgehead atoms. The van der Waals surface area contributed by atoms with Gasteiger partial charge in [-0.2, -0.15) is 0 Å². The average molecular weight is 302 g/mol. The van der Waals surface area contributed by atoms with Gasteiger partial charge in [0.1, 0.15) is 0 Å². The Morgan fingerprint density at radius 2 is 1.10 bits per heavy atom. The Hall–Kier alpha value is -0.200. The average Bonchev–Trinajstić information content (AvgIpc) is 2.42. The summed E-state index contributed by atoms with van der Waals surface area (Å²) in [6, 6.07) is 0. The monoisotopic (exact) mass is 302 g/mol. The standard InChI is InChI=1S/C16H30O5/c1-15(2)11-20-13(15)9-18-7-5-17-6-8-19-10-14-16(3,4)12-21-14/h13-14H,5-12H2,1-4H3. The third kappa shape index (κ3) is 4.89. The van der Waals surface area contributed by atoms with Gasteiger partial charge < -0.3 is 23.7 Å². The summed E-state index contributed by atoms with van der Waals surface area (Å²) in [5.41, 5.74) is 0.512. The van der Waals surface area contributed by atoms with Crippen LogP contribution in [0.25, 0.3) is 0 Å². The summed E-state index contributed by atoms with van der Waals surface area (Å²) in [5, 5.41) is 0. The molecule has 0 aromatic rings. The minimum absolute atomic E-state index is 0.228. The first-order valence-electron chi connectivity index (χ1n) is 7.88. The maximum atomic E-state index is 5.56. The summed E-state index contributed by atoms with van der Waals surface area (Å²) in [4.78, 5) is 0. The molecule has 5 heteroatoms. The van der Waals surface area contributed by atoms with Crippen LogP contribution in [-0.2, 0) is 23.7 Å². The fourth-order valence-electron chi connectivity index (χ4n) is 2.33. The highest BCUT2D eigenvalue weighted by Gasteiger charge is 2.40. The SMILES string of the molecule is CC1(C)COC1COCCOCCOCC1OCC1(C)C. The maximum absolute atomic E-state index is 5.56. The zero-order valence-electron chi connectivity index (χ0n) is 13.9. The molecule has 0 aromatic heterocycles. The van der Waals surface area contributed by atoms with Crippen LogP contribution in [0.4, 0.5) is 0 Å². The Morgan fingerprint density at radius 3 is 1.38 bits per heavy atom. The Bertz CT molecular complexity index is 286. The Labute approximate surface area is 128 Å². The molecule has 5 nitrogen and oxygen atoms in total. The van der Waals surface area contributed by atoms with Crippen molar-refractivity contribution < 1.29 is 23.7 Å². The van der Waals surface area contributed by atoms with Gasteiger partial charge in [-0.25, -0.2) is 0 Å². The molecule has 2 fully saturated rings. The van der Waals surface area contributed by atoms with Crippen molar-refractivity contribution in [1.29, 1.82) is 0 Å². The molecule has 2 saturated heterocycles. The van der Waals surface area contributed by atoms with E-state index in [2.05, 4.69) is 27.7 Å². The highest BCUT2D eigenvalue weighted by molar-refractivity contribution is 4.87. The zero-order valence-corrected chi connectivity index (χ0v) is 13.9. The lowest BCUT2D eigenvalue weighted by atomic mass is 9.83. The van der Waals surface area contributed by atoms with Crippen LogP contribution >= 0.6 is 0 Å². The predicted octanol–water partition coefficient (Wildman–Crippen LogP) is 1.89. The zero-order chi connectivity index (χ0) is 15.3. The molecule has 2 aliphatic heterocycles. The van der Waals surface area contributed by atoms with Gasteiger partial charge in [-0.05, 0) is 0 Å². The van der Waals surface area contributed by atoms with E-state index >= 15 is 0 Å². The second-order valence-corrected chi connectivity index (χ2v) is 7.34. The van der Waals surface area contributed by atoms with E-state index in [-0.39, 0.29) is 23.0 Å². The molecule has 2 aliphatic rings. The second kappa shape index (κ2) is 7.38. The highest BCUT2D eigenvalue weighted by Crippen LogP contribution is 2.34. The first-order chi connectivity index (χ1) is 9.92. The third-order valence-corrected chi connectivity index (χ3v) is 4.34. The molecule has 0 aromatic carbocycles. The summed E-state index contributed by atoms with van der Waals surface area (Å²) in [7, 11) is 0. The van der Waals surface area contributed by atoms with Crippen molar-refractivity contribution >= 4 is 0 Å². The molecule has 0 saturated carbocycles. The van der Waals surface area contributed by atoms with Crippen LogP contribution in [0.15, 0.2) is 0 Å². The second-order valence-electron chi connectivity index (χ2n) is 7.34. The molecular formula is C16H30O5. The summed E-state index contributed by atoms with van der Waals surface area (Å²) < 4.78 is 27.5. The Balaban J connectivity index is 1.34. The fourth-order valence-corrected chi connectivity index (χ4v) is 2.33. The lowest BCUT2D eigenvalue weighted by molar-refractivity contribution is -0.195. The summed E-state index contributed by atoms with van der Waals surface area (Å²) in [6.45, 7) is 14.2. The van der Waals surface area contributed by atoms with Crippen molar-refractivity contribution in [2.75, 3.05) is 52.9 Å². The Morgan fingerprint density at radius 1 is 0.714 bits per heavy atom. The third-order valence-electron chi connectivity index (χ3n) is 4.34. The molecule has 21 heavy (non-hydrogen) atoms. The van der Waals surface area contributed by atoms with Gasteiger partial charge in [0, 0.05) is 10.8 Å². The highest BCUT2D eigenvalue weighted by atomic mass is 16.6. The lowest BCUT2D eigenvalue weighted by Gasteiger charge is -2.44. The topological polar surface area (TPSA) is 46.2 Å². The Kier molecular flexibility index (Phi) is 6.03. The molecule has 0 radical (unpaired) electrons. The van der Waals surface area contributed by atoms with Crippen LogP contribution in [0.2, 0.25) is 0 Å². The number of ether oxygens (including phenoxy) is 5. The van der Waals surface area contributed by atoms with E-state index in [9.17, 15) is 0 Å². The van der Waals surface area contributed by atoms with Gasteiger partial charge in [0.15, 0.2) is 0 Å². The van der Waals surface area contributed by atoms with Gasteiger partial charge in [0.25, 0.3) is 0 Å². The summed E-state index contributed by atoms with van der Waals surface area (Å²) in [5.74, 6) is 0. The van der Waals surface area contributed by atoms with E-state index in [1.165, 1.54) is 0 Å². The van der Waals surface area contributed by atoms with Gasteiger partial charge in [-0.1, -0.05) is 27.7 Å². The summed E-state index contributed by atoms with van der Waals surface area (Å²) in [6.07, 6.45) is 0.457. The van der Waals surface area contributed by atoms with Crippen LogP contribution < -0.4 is 0 Å². The number of rotatable bonds is 10.